The van der Waals surface area contributed by atoms with Gasteiger partial charge in [-0.15, -0.1) is 0 Å². The van der Waals surface area contributed by atoms with Crippen LogP contribution in [0.5, 0.6) is 0 Å². The van der Waals surface area contributed by atoms with Crippen LogP contribution in [0, 0.1) is 6.92 Å². The third-order valence-electron chi connectivity index (χ3n) is 3.36. The van der Waals surface area contributed by atoms with Crippen molar-refractivity contribution in [2.75, 3.05) is 6.61 Å². The van der Waals surface area contributed by atoms with Gasteiger partial charge in [0.15, 0.2) is 0 Å². The van der Waals surface area contributed by atoms with E-state index in [-0.39, 0.29) is 11.9 Å². The number of esters is 1. The van der Waals surface area contributed by atoms with Crippen LogP contribution >= 0.6 is 0 Å². The van der Waals surface area contributed by atoms with Crippen LogP contribution in [0.4, 0.5) is 0 Å². The summed E-state index contributed by atoms with van der Waals surface area (Å²) >= 11 is 0. The van der Waals surface area contributed by atoms with E-state index < -0.39 is 0 Å². The van der Waals surface area contributed by atoms with Crippen molar-refractivity contribution in [2.45, 2.75) is 26.2 Å². The van der Waals surface area contributed by atoms with Crippen LogP contribution < -0.4 is 0 Å². The van der Waals surface area contributed by atoms with Gasteiger partial charge < -0.3 is 4.74 Å². The second-order valence-corrected chi connectivity index (χ2v) is 4.88. The number of aryl methyl sites for hydroxylation is 1. The van der Waals surface area contributed by atoms with Crippen LogP contribution in [0.25, 0.3) is 0 Å². The first kappa shape index (κ1) is 14.3. The quantitative estimate of drug-likeness (QED) is 0.764. The van der Waals surface area contributed by atoms with Gasteiger partial charge in [0.2, 0.25) is 0 Å². The molecule has 2 heteroatoms. The summed E-state index contributed by atoms with van der Waals surface area (Å²) in [5.41, 5.74) is 3.51. The molecule has 0 aromatic heterocycles. The van der Waals surface area contributed by atoms with Gasteiger partial charge >= 0.3 is 5.97 Å². The highest BCUT2D eigenvalue weighted by Crippen LogP contribution is 2.28. The minimum atomic E-state index is -0.151. The van der Waals surface area contributed by atoms with Crippen molar-refractivity contribution in [1.82, 2.24) is 0 Å². The first-order chi connectivity index (χ1) is 9.70. The molecular formula is C18H20O2. The first-order valence-corrected chi connectivity index (χ1v) is 6.98. The summed E-state index contributed by atoms with van der Waals surface area (Å²) in [4.78, 5) is 11.8. The van der Waals surface area contributed by atoms with Gasteiger partial charge in [-0.25, -0.2) is 0 Å². The molecule has 2 nitrogen and oxygen atoms in total. The van der Waals surface area contributed by atoms with Gasteiger partial charge in [-0.3, -0.25) is 4.79 Å². The zero-order valence-corrected chi connectivity index (χ0v) is 12.0. The molecule has 0 spiro atoms. The largest absolute Gasteiger partial charge is 0.466 e. The maximum Gasteiger partial charge on any atom is 0.306 e. The van der Waals surface area contributed by atoms with Crippen LogP contribution in [0.1, 0.15) is 36.0 Å². The average Bonchev–Trinajstić information content (AvgIpc) is 2.47. The summed E-state index contributed by atoms with van der Waals surface area (Å²) in [6.07, 6.45) is 0.376. The first-order valence-electron chi connectivity index (χ1n) is 6.98. The van der Waals surface area contributed by atoms with Crippen LogP contribution in [0.2, 0.25) is 0 Å². The Morgan fingerprint density at radius 3 is 2.20 bits per heavy atom. The standard InChI is InChI=1S/C18H20O2/c1-3-20-18(19)13-17(15-7-5-4-6-8-15)16-11-9-14(2)10-12-16/h4-12,17H,3,13H2,1-2H3/t17-/m0/s1. The highest BCUT2D eigenvalue weighted by Gasteiger charge is 2.18. The Morgan fingerprint density at radius 1 is 1.00 bits per heavy atom. The Labute approximate surface area is 120 Å². The number of ether oxygens (including phenoxy) is 1. The van der Waals surface area contributed by atoms with E-state index in [0.717, 1.165) is 11.1 Å². The summed E-state index contributed by atoms with van der Waals surface area (Å²) in [5, 5.41) is 0. The van der Waals surface area contributed by atoms with Crippen molar-refractivity contribution < 1.29 is 9.53 Å². The maximum absolute atomic E-state index is 11.8. The molecule has 0 aliphatic heterocycles. The molecule has 0 saturated carbocycles. The topological polar surface area (TPSA) is 26.3 Å². The average molecular weight is 268 g/mol. The molecule has 0 saturated heterocycles. The number of hydrogen-bond donors (Lipinski definition) is 0. The highest BCUT2D eigenvalue weighted by atomic mass is 16.5. The van der Waals surface area contributed by atoms with Crippen molar-refractivity contribution in [2.24, 2.45) is 0 Å². The van der Waals surface area contributed by atoms with E-state index in [0.29, 0.717) is 13.0 Å². The lowest BCUT2D eigenvalue weighted by atomic mass is 9.88. The Morgan fingerprint density at radius 2 is 1.60 bits per heavy atom. The lowest BCUT2D eigenvalue weighted by molar-refractivity contribution is -0.143. The molecule has 0 heterocycles. The van der Waals surface area contributed by atoms with Crippen LogP contribution in [-0.4, -0.2) is 12.6 Å². The third kappa shape index (κ3) is 3.70. The molecule has 2 aromatic carbocycles. The van der Waals surface area contributed by atoms with Crippen LogP contribution in [-0.2, 0) is 9.53 Å². The fraction of sp³-hybridized carbons (Fsp3) is 0.278. The number of hydrogen-bond acceptors (Lipinski definition) is 2. The van der Waals surface area contributed by atoms with Crippen LogP contribution in [0.3, 0.4) is 0 Å². The van der Waals surface area contributed by atoms with E-state index in [1.165, 1.54) is 5.56 Å². The fourth-order valence-electron chi connectivity index (χ4n) is 2.30. The van der Waals surface area contributed by atoms with Crippen molar-refractivity contribution >= 4 is 5.97 Å². The number of rotatable bonds is 5. The minimum absolute atomic E-state index is 0.0517. The Bertz CT molecular complexity index is 543. The molecule has 0 aliphatic carbocycles. The normalized spacial score (nSPS) is 11.9. The van der Waals surface area contributed by atoms with E-state index in [1.54, 1.807) is 0 Å². The summed E-state index contributed by atoms with van der Waals surface area (Å²) in [5.74, 6) is -0.0993. The molecule has 0 fully saturated rings. The molecule has 0 unspecified atom stereocenters. The number of carbonyl (C=O) groups excluding carboxylic acids is 1. The van der Waals surface area contributed by atoms with Crippen molar-refractivity contribution in [3.05, 3.63) is 71.3 Å². The molecule has 0 aliphatic rings. The van der Waals surface area contributed by atoms with Gasteiger partial charge in [0.25, 0.3) is 0 Å². The second-order valence-electron chi connectivity index (χ2n) is 4.88. The lowest BCUT2D eigenvalue weighted by Gasteiger charge is -2.17. The van der Waals surface area contributed by atoms with E-state index >= 15 is 0 Å². The molecule has 0 N–H and O–H groups in total. The predicted molar refractivity (Wildman–Crippen MR) is 80.7 cm³/mol. The van der Waals surface area contributed by atoms with Crippen LogP contribution in [0.15, 0.2) is 54.6 Å². The van der Waals surface area contributed by atoms with Gasteiger partial charge in [-0.1, -0.05) is 60.2 Å². The predicted octanol–water partition coefficient (Wildman–Crippen LogP) is 4.08. The maximum atomic E-state index is 11.8. The Kier molecular flexibility index (Phi) is 4.94. The van der Waals surface area contributed by atoms with Gasteiger partial charge in [0.05, 0.1) is 13.0 Å². The molecule has 0 bridgehead atoms. The summed E-state index contributed by atoms with van der Waals surface area (Å²) in [6, 6.07) is 18.4. The molecule has 1 atom stereocenters. The summed E-state index contributed by atoms with van der Waals surface area (Å²) in [7, 11) is 0. The van der Waals surface area contributed by atoms with Gasteiger partial charge in [0.1, 0.15) is 0 Å². The third-order valence-corrected chi connectivity index (χ3v) is 3.36. The molecule has 104 valence electrons. The van der Waals surface area contributed by atoms with Gasteiger partial charge in [-0.05, 0) is 25.0 Å². The van der Waals surface area contributed by atoms with E-state index in [4.69, 9.17) is 4.74 Å². The Hall–Kier alpha value is -2.09. The Balaban J connectivity index is 2.29. The van der Waals surface area contributed by atoms with E-state index in [9.17, 15) is 4.79 Å². The molecule has 2 aromatic rings. The summed E-state index contributed by atoms with van der Waals surface area (Å²) in [6.45, 7) is 4.32. The number of benzene rings is 2. The SMILES string of the molecule is CCOC(=O)C[C@@H](c1ccccc1)c1ccc(C)cc1. The second kappa shape index (κ2) is 6.90. The molecular weight excluding hydrogens is 248 g/mol. The van der Waals surface area contributed by atoms with Crippen molar-refractivity contribution in [3.63, 3.8) is 0 Å². The monoisotopic (exact) mass is 268 g/mol. The van der Waals surface area contributed by atoms with Gasteiger partial charge in [-0.2, -0.15) is 0 Å². The lowest BCUT2D eigenvalue weighted by Crippen LogP contribution is -2.11. The smallest absolute Gasteiger partial charge is 0.306 e. The van der Waals surface area contributed by atoms with Crippen molar-refractivity contribution in [3.8, 4) is 0 Å². The summed E-state index contributed by atoms with van der Waals surface area (Å²) < 4.78 is 5.10. The van der Waals surface area contributed by atoms with Gasteiger partial charge in [0, 0.05) is 5.92 Å². The zero-order chi connectivity index (χ0) is 14.4. The molecule has 0 amide bonds. The van der Waals surface area contributed by atoms with Crippen molar-refractivity contribution in [1.29, 1.82) is 0 Å². The highest BCUT2D eigenvalue weighted by molar-refractivity contribution is 5.71. The fourth-order valence-corrected chi connectivity index (χ4v) is 2.30. The van der Waals surface area contributed by atoms with E-state index in [2.05, 4.69) is 43.3 Å². The zero-order valence-electron chi connectivity index (χ0n) is 12.0. The molecule has 20 heavy (non-hydrogen) atoms. The molecule has 2 rings (SSSR count). The number of carbonyl (C=O) groups is 1. The molecule has 0 radical (unpaired) electrons. The van der Waals surface area contributed by atoms with E-state index in [1.807, 2.05) is 25.1 Å². The minimum Gasteiger partial charge on any atom is -0.466 e.